The van der Waals surface area contributed by atoms with Crippen molar-refractivity contribution in [1.29, 1.82) is 5.26 Å². The molecule has 1 atom stereocenters. The zero-order valence-electron chi connectivity index (χ0n) is 14.0. The van der Waals surface area contributed by atoms with Gasteiger partial charge in [0.25, 0.3) is 0 Å². The van der Waals surface area contributed by atoms with Crippen molar-refractivity contribution in [3.8, 4) is 11.8 Å². The van der Waals surface area contributed by atoms with Gasteiger partial charge in [-0.15, -0.1) is 0 Å². The van der Waals surface area contributed by atoms with Crippen LogP contribution in [0.3, 0.4) is 0 Å². The molecule has 1 aromatic heterocycles. The summed E-state index contributed by atoms with van der Waals surface area (Å²) in [4.78, 5) is 10.3. The first-order valence-electron chi connectivity index (χ1n) is 8.12. The maximum atomic E-state index is 8.82. The van der Waals surface area contributed by atoms with Crippen LogP contribution >= 0.6 is 15.9 Å². The number of nitrogens with zero attached hydrogens (tertiary/aromatic N) is 4. The Bertz CT molecular complexity index is 755. The predicted molar refractivity (Wildman–Crippen MR) is 97.5 cm³/mol. The number of para-hydroxylation sites is 1. The molecule has 0 amide bonds. The van der Waals surface area contributed by atoms with Crippen molar-refractivity contribution < 1.29 is 9.47 Å². The van der Waals surface area contributed by atoms with E-state index >= 15 is 0 Å². The SMILES string of the molecule is CN(Cc1cccc(Br)c1OCC1CCCO1)c1cnc(C#N)cn1. The van der Waals surface area contributed by atoms with Gasteiger partial charge in [0.2, 0.25) is 0 Å². The molecule has 0 N–H and O–H groups in total. The van der Waals surface area contributed by atoms with E-state index in [2.05, 4.69) is 25.9 Å². The molecule has 1 aromatic carbocycles. The second-order valence-electron chi connectivity index (χ2n) is 5.90. The van der Waals surface area contributed by atoms with Gasteiger partial charge in [0.05, 0.1) is 23.0 Å². The quantitative estimate of drug-likeness (QED) is 0.737. The molecule has 2 heterocycles. The summed E-state index contributed by atoms with van der Waals surface area (Å²) in [7, 11) is 1.93. The molecule has 2 aromatic rings. The van der Waals surface area contributed by atoms with E-state index in [1.54, 1.807) is 6.20 Å². The lowest BCUT2D eigenvalue weighted by atomic mass is 10.2. The van der Waals surface area contributed by atoms with E-state index < -0.39 is 0 Å². The number of halogens is 1. The molecule has 3 rings (SSSR count). The van der Waals surface area contributed by atoms with Gasteiger partial charge >= 0.3 is 0 Å². The van der Waals surface area contributed by atoms with Crippen molar-refractivity contribution in [2.75, 3.05) is 25.2 Å². The van der Waals surface area contributed by atoms with Crippen LogP contribution in [0.2, 0.25) is 0 Å². The van der Waals surface area contributed by atoms with Crippen LogP contribution < -0.4 is 9.64 Å². The second kappa shape index (κ2) is 8.28. The molecule has 0 radical (unpaired) electrons. The zero-order chi connectivity index (χ0) is 17.6. The zero-order valence-corrected chi connectivity index (χ0v) is 15.6. The van der Waals surface area contributed by atoms with Crippen LogP contribution in [-0.2, 0) is 11.3 Å². The largest absolute Gasteiger partial charge is 0.489 e. The van der Waals surface area contributed by atoms with Gasteiger partial charge in [-0.2, -0.15) is 5.26 Å². The fourth-order valence-electron chi connectivity index (χ4n) is 2.70. The van der Waals surface area contributed by atoms with Gasteiger partial charge in [0.1, 0.15) is 24.2 Å². The maximum absolute atomic E-state index is 8.82. The Morgan fingerprint density at radius 3 is 2.96 bits per heavy atom. The minimum Gasteiger partial charge on any atom is -0.489 e. The van der Waals surface area contributed by atoms with E-state index in [1.165, 1.54) is 6.20 Å². The minimum absolute atomic E-state index is 0.169. The van der Waals surface area contributed by atoms with E-state index in [0.29, 0.717) is 24.7 Å². The van der Waals surface area contributed by atoms with Crippen LogP contribution in [0.25, 0.3) is 0 Å². The first kappa shape index (κ1) is 17.6. The number of hydrogen-bond donors (Lipinski definition) is 0. The molecule has 1 aliphatic rings. The maximum Gasteiger partial charge on any atom is 0.158 e. The van der Waals surface area contributed by atoms with Crippen molar-refractivity contribution in [3.63, 3.8) is 0 Å². The molecule has 6 nitrogen and oxygen atoms in total. The average Bonchev–Trinajstić information content (AvgIpc) is 3.15. The van der Waals surface area contributed by atoms with Gasteiger partial charge in [-0.25, -0.2) is 9.97 Å². The molecule has 0 spiro atoms. The number of anilines is 1. The topological polar surface area (TPSA) is 71.3 Å². The summed E-state index contributed by atoms with van der Waals surface area (Å²) in [6.07, 6.45) is 5.38. The highest BCUT2D eigenvalue weighted by Crippen LogP contribution is 2.31. The van der Waals surface area contributed by atoms with Gasteiger partial charge in [0, 0.05) is 25.8 Å². The smallest absolute Gasteiger partial charge is 0.158 e. The second-order valence-corrected chi connectivity index (χ2v) is 6.76. The Hall–Kier alpha value is -2.17. The predicted octanol–water partition coefficient (Wildman–Crippen LogP) is 3.30. The number of hydrogen-bond acceptors (Lipinski definition) is 6. The van der Waals surface area contributed by atoms with Crippen molar-refractivity contribution >= 4 is 21.7 Å². The third kappa shape index (κ3) is 4.47. The van der Waals surface area contributed by atoms with Gasteiger partial charge in [-0.05, 0) is 34.8 Å². The standard InChI is InChI=1S/C18H19BrN4O2/c1-23(17-10-21-14(8-20)9-22-17)11-13-4-2-6-16(19)18(13)25-12-15-5-3-7-24-15/h2,4,6,9-10,15H,3,5,7,11-12H2,1H3. The summed E-state index contributed by atoms with van der Waals surface area (Å²) in [5.74, 6) is 1.52. The summed E-state index contributed by atoms with van der Waals surface area (Å²) in [5, 5.41) is 8.82. The van der Waals surface area contributed by atoms with Gasteiger partial charge in [0.15, 0.2) is 5.69 Å². The summed E-state index contributed by atoms with van der Waals surface area (Å²) < 4.78 is 12.6. The van der Waals surface area contributed by atoms with Gasteiger partial charge in [-0.3, -0.25) is 0 Å². The highest BCUT2D eigenvalue weighted by Gasteiger charge is 2.18. The van der Waals surface area contributed by atoms with E-state index in [1.807, 2.05) is 36.2 Å². The van der Waals surface area contributed by atoms with Gasteiger partial charge < -0.3 is 14.4 Å². The van der Waals surface area contributed by atoms with Crippen LogP contribution in [0.15, 0.2) is 35.1 Å². The van der Waals surface area contributed by atoms with Crippen LogP contribution in [0, 0.1) is 11.3 Å². The molecule has 1 fully saturated rings. The first-order valence-corrected chi connectivity index (χ1v) is 8.91. The number of rotatable bonds is 6. The highest BCUT2D eigenvalue weighted by atomic mass is 79.9. The number of ether oxygens (including phenoxy) is 2. The Labute approximate surface area is 155 Å². The third-order valence-electron chi connectivity index (χ3n) is 4.04. The number of benzene rings is 1. The van der Waals surface area contributed by atoms with Gasteiger partial charge in [-0.1, -0.05) is 12.1 Å². The molecule has 25 heavy (non-hydrogen) atoms. The third-order valence-corrected chi connectivity index (χ3v) is 4.66. The monoisotopic (exact) mass is 402 g/mol. The molecule has 0 aliphatic carbocycles. The summed E-state index contributed by atoms with van der Waals surface area (Å²) in [5.41, 5.74) is 1.35. The van der Waals surface area contributed by atoms with E-state index in [9.17, 15) is 0 Å². The summed E-state index contributed by atoms with van der Waals surface area (Å²) >= 11 is 3.57. The lowest BCUT2D eigenvalue weighted by Crippen LogP contribution is -2.20. The number of aromatic nitrogens is 2. The Balaban J connectivity index is 1.72. The fraction of sp³-hybridized carbons (Fsp3) is 0.389. The molecular weight excluding hydrogens is 384 g/mol. The normalized spacial score (nSPS) is 16.4. The molecule has 0 saturated carbocycles. The summed E-state index contributed by atoms with van der Waals surface area (Å²) in [6.45, 7) is 1.98. The molecule has 1 aliphatic heterocycles. The molecular formula is C18H19BrN4O2. The van der Waals surface area contributed by atoms with Crippen molar-refractivity contribution in [2.24, 2.45) is 0 Å². The molecule has 1 unspecified atom stereocenters. The highest BCUT2D eigenvalue weighted by molar-refractivity contribution is 9.10. The Morgan fingerprint density at radius 2 is 2.28 bits per heavy atom. The van der Waals surface area contributed by atoms with Crippen molar-refractivity contribution in [2.45, 2.75) is 25.5 Å². The van der Waals surface area contributed by atoms with E-state index in [0.717, 1.165) is 35.2 Å². The molecule has 1 saturated heterocycles. The van der Waals surface area contributed by atoms with Crippen LogP contribution in [0.4, 0.5) is 5.82 Å². The Kier molecular flexibility index (Phi) is 5.84. The van der Waals surface area contributed by atoms with E-state index in [-0.39, 0.29) is 6.10 Å². The van der Waals surface area contributed by atoms with Crippen LogP contribution in [0.5, 0.6) is 5.75 Å². The van der Waals surface area contributed by atoms with E-state index in [4.69, 9.17) is 14.7 Å². The lowest BCUT2D eigenvalue weighted by molar-refractivity contribution is 0.0673. The summed E-state index contributed by atoms with van der Waals surface area (Å²) in [6, 6.07) is 7.95. The van der Waals surface area contributed by atoms with Crippen molar-refractivity contribution in [1.82, 2.24) is 9.97 Å². The van der Waals surface area contributed by atoms with Crippen LogP contribution in [0.1, 0.15) is 24.1 Å². The van der Waals surface area contributed by atoms with Crippen LogP contribution in [-0.4, -0.2) is 36.3 Å². The lowest BCUT2D eigenvalue weighted by Gasteiger charge is -2.21. The molecule has 7 heteroatoms. The average molecular weight is 403 g/mol. The minimum atomic E-state index is 0.169. The Morgan fingerprint density at radius 1 is 1.40 bits per heavy atom. The molecule has 130 valence electrons. The number of nitriles is 1. The van der Waals surface area contributed by atoms with Crippen molar-refractivity contribution in [3.05, 3.63) is 46.3 Å². The molecule has 0 bridgehead atoms. The first-order chi connectivity index (χ1) is 12.2. The fourth-order valence-corrected chi connectivity index (χ4v) is 3.23.